The van der Waals surface area contributed by atoms with Crippen molar-refractivity contribution < 1.29 is 4.79 Å². The van der Waals surface area contributed by atoms with E-state index in [-0.39, 0.29) is 5.91 Å². The van der Waals surface area contributed by atoms with Crippen molar-refractivity contribution in [1.29, 1.82) is 0 Å². The molecule has 2 aromatic heterocycles. The van der Waals surface area contributed by atoms with E-state index in [4.69, 9.17) is 0 Å². The Hall–Kier alpha value is -2.80. The molecule has 1 aliphatic heterocycles. The summed E-state index contributed by atoms with van der Waals surface area (Å²) in [5, 5.41) is 4.16. The van der Waals surface area contributed by atoms with Gasteiger partial charge in [-0.15, -0.1) is 0 Å². The molecular formula is C19H22N6O. The molecule has 0 saturated heterocycles. The molecule has 2 aliphatic rings. The zero-order valence-corrected chi connectivity index (χ0v) is 15.0. The number of rotatable bonds is 4. The Morgan fingerprint density at radius 3 is 2.85 bits per heavy atom. The molecule has 1 aliphatic carbocycles. The van der Waals surface area contributed by atoms with Gasteiger partial charge in [0.15, 0.2) is 0 Å². The van der Waals surface area contributed by atoms with Gasteiger partial charge in [-0.3, -0.25) is 14.8 Å². The van der Waals surface area contributed by atoms with Gasteiger partial charge in [0.1, 0.15) is 11.4 Å². The lowest BCUT2D eigenvalue weighted by molar-refractivity contribution is -0.116. The van der Waals surface area contributed by atoms with Crippen LogP contribution < -0.4 is 5.43 Å². The Morgan fingerprint density at radius 1 is 1.23 bits per heavy atom. The van der Waals surface area contributed by atoms with Crippen LogP contribution in [-0.2, 0) is 24.2 Å². The number of aromatic amines is 1. The summed E-state index contributed by atoms with van der Waals surface area (Å²) >= 11 is 0. The molecule has 0 unspecified atom stereocenters. The molecule has 0 spiro atoms. The zero-order chi connectivity index (χ0) is 18.1. The van der Waals surface area contributed by atoms with Gasteiger partial charge in [-0.1, -0.05) is 0 Å². The normalized spacial score (nSPS) is 18.2. The number of nitrogens with zero attached hydrogens (tertiary/aromatic N) is 4. The first kappa shape index (κ1) is 16.7. The summed E-state index contributed by atoms with van der Waals surface area (Å²) in [5.74, 6) is -0.214. The zero-order valence-electron chi connectivity index (χ0n) is 15.0. The van der Waals surface area contributed by atoms with E-state index >= 15 is 0 Å². The number of H-pyrrole nitrogens is 1. The van der Waals surface area contributed by atoms with Gasteiger partial charge in [0, 0.05) is 30.3 Å². The number of aryl methyl sites for hydroxylation is 1. The van der Waals surface area contributed by atoms with Crippen LogP contribution in [0.15, 0.2) is 29.3 Å². The summed E-state index contributed by atoms with van der Waals surface area (Å²) in [4.78, 5) is 26.4. The average molecular weight is 350 g/mol. The third-order valence-corrected chi connectivity index (χ3v) is 4.78. The van der Waals surface area contributed by atoms with Gasteiger partial charge < -0.3 is 9.88 Å². The average Bonchev–Trinajstić information content (AvgIpc) is 3.17. The van der Waals surface area contributed by atoms with Crippen LogP contribution in [0.1, 0.15) is 41.1 Å². The number of aromatic nitrogens is 3. The highest BCUT2D eigenvalue weighted by atomic mass is 16.2. The van der Waals surface area contributed by atoms with Crippen LogP contribution >= 0.6 is 0 Å². The molecule has 7 nitrogen and oxygen atoms in total. The summed E-state index contributed by atoms with van der Waals surface area (Å²) in [5.41, 5.74) is 9.17. The standard InChI is InChI=1S/C19H22N6O/c1-25(2)11-14-12-5-3-4-6-15(12)22-16(14)9-13-18(23-24-19(13)26)17-10-20-7-8-21-17/h7-10,22H,3-6,11H2,1-2H3,(H,24,26)/b13-9+. The highest BCUT2D eigenvalue weighted by molar-refractivity contribution is 6.32. The molecular weight excluding hydrogens is 328 g/mol. The molecule has 0 fully saturated rings. The number of nitrogens with one attached hydrogen (secondary N) is 2. The van der Waals surface area contributed by atoms with E-state index in [2.05, 4.69) is 44.5 Å². The highest BCUT2D eigenvalue weighted by Crippen LogP contribution is 2.30. The Morgan fingerprint density at radius 2 is 2.08 bits per heavy atom. The third-order valence-electron chi connectivity index (χ3n) is 4.78. The van der Waals surface area contributed by atoms with Gasteiger partial charge in [-0.25, -0.2) is 5.43 Å². The van der Waals surface area contributed by atoms with Crippen molar-refractivity contribution in [1.82, 2.24) is 25.3 Å². The van der Waals surface area contributed by atoms with Crippen LogP contribution in [0, 0.1) is 0 Å². The molecule has 134 valence electrons. The summed E-state index contributed by atoms with van der Waals surface area (Å²) in [6.07, 6.45) is 11.3. The largest absolute Gasteiger partial charge is 0.358 e. The number of amides is 1. The molecule has 0 atom stereocenters. The second-order valence-corrected chi connectivity index (χ2v) is 6.97. The fourth-order valence-electron chi connectivity index (χ4n) is 3.63. The van der Waals surface area contributed by atoms with Crippen molar-refractivity contribution in [3.05, 3.63) is 52.4 Å². The Balaban J connectivity index is 1.78. The van der Waals surface area contributed by atoms with Gasteiger partial charge in [0.2, 0.25) is 0 Å². The van der Waals surface area contributed by atoms with Crippen LogP contribution in [-0.4, -0.2) is 45.6 Å². The molecule has 2 N–H and O–H groups in total. The summed E-state index contributed by atoms with van der Waals surface area (Å²) in [6, 6.07) is 0. The van der Waals surface area contributed by atoms with Gasteiger partial charge >= 0.3 is 0 Å². The first-order valence-electron chi connectivity index (χ1n) is 8.87. The number of hydrazone groups is 1. The minimum Gasteiger partial charge on any atom is -0.358 e. The molecule has 7 heteroatoms. The summed E-state index contributed by atoms with van der Waals surface area (Å²) in [7, 11) is 4.13. The Bertz CT molecular complexity index is 894. The third kappa shape index (κ3) is 3.06. The number of hydrogen-bond donors (Lipinski definition) is 2. The van der Waals surface area contributed by atoms with E-state index in [9.17, 15) is 4.79 Å². The number of carbonyl (C=O) groups excluding carboxylic acids is 1. The number of fused-ring (bicyclic) bond motifs is 1. The minimum absolute atomic E-state index is 0.214. The van der Waals surface area contributed by atoms with Crippen LogP contribution in [0.25, 0.3) is 6.08 Å². The molecule has 0 bridgehead atoms. The molecule has 0 radical (unpaired) electrons. The predicted octanol–water partition coefficient (Wildman–Crippen LogP) is 1.66. The van der Waals surface area contributed by atoms with Gasteiger partial charge in [0.05, 0.1) is 11.8 Å². The molecule has 0 saturated carbocycles. The maximum Gasteiger partial charge on any atom is 0.273 e. The van der Waals surface area contributed by atoms with Crippen molar-refractivity contribution in [3.8, 4) is 0 Å². The van der Waals surface area contributed by atoms with Crippen LogP contribution in [0.3, 0.4) is 0 Å². The second-order valence-electron chi connectivity index (χ2n) is 6.97. The van der Waals surface area contributed by atoms with Gasteiger partial charge in [-0.2, -0.15) is 5.10 Å². The monoisotopic (exact) mass is 350 g/mol. The molecule has 0 aromatic carbocycles. The first-order valence-corrected chi connectivity index (χ1v) is 8.87. The van der Waals surface area contributed by atoms with E-state index in [0.29, 0.717) is 17.0 Å². The smallest absolute Gasteiger partial charge is 0.273 e. The highest BCUT2D eigenvalue weighted by Gasteiger charge is 2.27. The molecule has 3 heterocycles. The maximum atomic E-state index is 12.4. The van der Waals surface area contributed by atoms with Crippen LogP contribution in [0.5, 0.6) is 0 Å². The number of carbonyl (C=O) groups is 1. The van der Waals surface area contributed by atoms with E-state index in [1.165, 1.54) is 29.7 Å². The molecule has 4 rings (SSSR count). The Labute approximate surface area is 152 Å². The van der Waals surface area contributed by atoms with E-state index in [0.717, 1.165) is 25.1 Å². The second kappa shape index (κ2) is 6.84. The van der Waals surface area contributed by atoms with Crippen molar-refractivity contribution in [3.63, 3.8) is 0 Å². The predicted molar refractivity (Wildman–Crippen MR) is 99.5 cm³/mol. The quantitative estimate of drug-likeness (QED) is 0.821. The topological polar surface area (TPSA) is 86.3 Å². The van der Waals surface area contributed by atoms with Crippen molar-refractivity contribution >= 4 is 17.7 Å². The van der Waals surface area contributed by atoms with Gasteiger partial charge in [0.25, 0.3) is 5.91 Å². The minimum atomic E-state index is -0.214. The van der Waals surface area contributed by atoms with Gasteiger partial charge in [-0.05, 0) is 57.0 Å². The number of hydrogen-bond acceptors (Lipinski definition) is 5. The van der Waals surface area contributed by atoms with E-state index in [1.54, 1.807) is 18.6 Å². The van der Waals surface area contributed by atoms with Crippen molar-refractivity contribution in [2.45, 2.75) is 32.2 Å². The van der Waals surface area contributed by atoms with Crippen LogP contribution in [0.2, 0.25) is 0 Å². The fourth-order valence-corrected chi connectivity index (χ4v) is 3.63. The SMILES string of the molecule is CN(C)Cc1c(/C=C2/C(=O)NN=C2c2cnccn2)[nH]c2c1CCCC2. The van der Waals surface area contributed by atoms with Crippen LogP contribution in [0.4, 0.5) is 0 Å². The molecule has 2 aromatic rings. The summed E-state index contributed by atoms with van der Waals surface area (Å²) < 4.78 is 0. The lowest BCUT2D eigenvalue weighted by Crippen LogP contribution is -2.15. The first-order chi connectivity index (χ1) is 12.6. The van der Waals surface area contributed by atoms with Crippen molar-refractivity contribution in [2.24, 2.45) is 5.10 Å². The Kier molecular flexibility index (Phi) is 4.38. The van der Waals surface area contributed by atoms with Crippen molar-refractivity contribution in [2.75, 3.05) is 14.1 Å². The fraction of sp³-hybridized carbons (Fsp3) is 0.368. The van der Waals surface area contributed by atoms with E-state index < -0.39 is 0 Å². The molecule has 26 heavy (non-hydrogen) atoms. The molecule has 1 amide bonds. The summed E-state index contributed by atoms with van der Waals surface area (Å²) in [6.45, 7) is 0.837. The maximum absolute atomic E-state index is 12.4. The lowest BCUT2D eigenvalue weighted by Gasteiger charge is -2.15. The lowest BCUT2D eigenvalue weighted by atomic mass is 9.94. The van der Waals surface area contributed by atoms with E-state index in [1.807, 2.05) is 6.08 Å².